The van der Waals surface area contributed by atoms with Crippen LogP contribution in [0.2, 0.25) is 0 Å². The molecule has 0 saturated heterocycles. The number of halogens is 1. The zero-order valence-electron chi connectivity index (χ0n) is 15.6. The maximum atomic E-state index is 15.0. The minimum atomic E-state index is -0.336. The summed E-state index contributed by atoms with van der Waals surface area (Å²) in [5, 5.41) is 4.63. The Morgan fingerprint density at radius 1 is 1.15 bits per heavy atom. The van der Waals surface area contributed by atoms with E-state index in [1.807, 2.05) is 26.8 Å². The molecule has 1 aliphatic rings. The number of pyridine rings is 1. The van der Waals surface area contributed by atoms with E-state index in [9.17, 15) is 0 Å². The first-order valence-corrected chi connectivity index (χ1v) is 8.89. The molecular weight excluding hydrogens is 347 g/mol. The fourth-order valence-electron chi connectivity index (χ4n) is 3.67. The Balaban J connectivity index is 1.56. The molecule has 138 valence electrons. The molecule has 1 fully saturated rings. The highest BCUT2D eigenvalue weighted by molar-refractivity contribution is 5.57. The van der Waals surface area contributed by atoms with Gasteiger partial charge in [-0.2, -0.15) is 9.49 Å². The molecule has 4 heterocycles. The van der Waals surface area contributed by atoms with Gasteiger partial charge in [-0.05, 0) is 38.8 Å². The van der Waals surface area contributed by atoms with Crippen LogP contribution in [0.5, 0.6) is 5.75 Å². The van der Waals surface area contributed by atoms with Gasteiger partial charge in [-0.15, -0.1) is 0 Å². The molecule has 0 radical (unpaired) electrons. The fraction of sp³-hybridized carbons (Fsp3) is 0.368. The number of fused-ring (bicyclic) bond motifs is 2. The lowest BCUT2D eigenvalue weighted by Crippen LogP contribution is -1.97. The van der Waals surface area contributed by atoms with E-state index in [4.69, 9.17) is 4.74 Å². The van der Waals surface area contributed by atoms with Gasteiger partial charge in [0, 0.05) is 24.2 Å². The van der Waals surface area contributed by atoms with E-state index < -0.39 is 0 Å². The first kappa shape index (κ1) is 16.2. The van der Waals surface area contributed by atoms with Crippen LogP contribution in [0.1, 0.15) is 46.7 Å². The van der Waals surface area contributed by atoms with Crippen molar-refractivity contribution in [3.8, 4) is 5.75 Å². The van der Waals surface area contributed by atoms with E-state index in [0.717, 1.165) is 34.8 Å². The van der Waals surface area contributed by atoms with Crippen LogP contribution in [0.3, 0.4) is 0 Å². The van der Waals surface area contributed by atoms with E-state index in [2.05, 4.69) is 20.1 Å². The van der Waals surface area contributed by atoms with Gasteiger partial charge in [-0.1, -0.05) is 0 Å². The molecule has 2 unspecified atom stereocenters. The Morgan fingerprint density at radius 2 is 1.96 bits per heavy atom. The van der Waals surface area contributed by atoms with Crippen molar-refractivity contribution in [3.63, 3.8) is 0 Å². The summed E-state index contributed by atoms with van der Waals surface area (Å²) in [6.07, 6.45) is 4.30. The van der Waals surface area contributed by atoms with Crippen LogP contribution in [-0.4, -0.2) is 36.1 Å². The Bertz CT molecular complexity index is 1170. The van der Waals surface area contributed by atoms with Crippen LogP contribution < -0.4 is 4.74 Å². The molecule has 2 atom stereocenters. The average molecular weight is 366 g/mol. The van der Waals surface area contributed by atoms with E-state index in [0.29, 0.717) is 17.1 Å². The fourth-order valence-corrected chi connectivity index (χ4v) is 3.67. The first-order valence-electron chi connectivity index (χ1n) is 8.89. The molecule has 0 aliphatic heterocycles. The van der Waals surface area contributed by atoms with Gasteiger partial charge < -0.3 is 4.74 Å². The van der Waals surface area contributed by atoms with Crippen molar-refractivity contribution in [1.29, 1.82) is 0 Å². The van der Waals surface area contributed by atoms with Gasteiger partial charge >= 0.3 is 0 Å². The van der Waals surface area contributed by atoms with Gasteiger partial charge in [0.1, 0.15) is 5.69 Å². The van der Waals surface area contributed by atoms with Gasteiger partial charge in [0.15, 0.2) is 22.9 Å². The van der Waals surface area contributed by atoms with Crippen molar-refractivity contribution in [3.05, 3.63) is 52.9 Å². The van der Waals surface area contributed by atoms with Gasteiger partial charge in [0.25, 0.3) is 0 Å². The van der Waals surface area contributed by atoms with Crippen LogP contribution in [0.25, 0.3) is 11.3 Å². The normalized spacial score (nSPS) is 19.1. The van der Waals surface area contributed by atoms with Crippen LogP contribution in [0.15, 0.2) is 18.5 Å². The summed E-state index contributed by atoms with van der Waals surface area (Å²) in [4.78, 5) is 13.5. The topological polar surface area (TPSA) is 69.6 Å². The molecule has 5 rings (SSSR count). The van der Waals surface area contributed by atoms with E-state index in [1.54, 1.807) is 24.0 Å². The molecule has 1 saturated carbocycles. The van der Waals surface area contributed by atoms with Gasteiger partial charge in [0.05, 0.1) is 18.5 Å². The van der Waals surface area contributed by atoms with Crippen molar-refractivity contribution < 1.29 is 9.13 Å². The number of hydrogen-bond donors (Lipinski definition) is 0. The number of hydrogen-bond acceptors (Lipinski definition) is 5. The Morgan fingerprint density at radius 3 is 2.70 bits per heavy atom. The van der Waals surface area contributed by atoms with Crippen LogP contribution >= 0.6 is 0 Å². The molecule has 8 heteroatoms. The lowest BCUT2D eigenvalue weighted by molar-refractivity contribution is 0.415. The number of nitrogens with zero attached hydrogens (tertiary/aromatic N) is 6. The van der Waals surface area contributed by atoms with Gasteiger partial charge in [-0.3, -0.25) is 9.38 Å². The smallest absolute Gasteiger partial charge is 0.221 e. The summed E-state index contributed by atoms with van der Waals surface area (Å²) in [7, 11) is 1.57. The molecule has 27 heavy (non-hydrogen) atoms. The standard InChI is InChI=1S/C19H19FN6O/c1-9-5-14(27-4)19-22-15(16(20)25(19)8-9)12-6-13(12)17-23-18-11(3)21-7-10(2)26(18)24-17/h5,7-8,12-13H,6H2,1-4H3. The Hall–Kier alpha value is -3.03. The zero-order chi connectivity index (χ0) is 18.9. The molecular formula is C19H19FN6O. The van der Waals surface area contributed by atoms with Crippen molar-refractivity contribution >= 4 is 11.3 Å². The van der Waals surface area contributed by atoms with E-state index in [1.165, 1.54) is 4.40 Å². The second-order valence-corrected chi connectivity index (χ2v) is 7.21. The number of aromatic nitrogens is 6. The molecule has 4 aromatic rings. The number of methoxy groups -OCH3 is 1. The van der Waals surface area contributed by atoms with Gasteiger partial charge in [0.2, 0.25) is 5.95 Å². The second-order valence-electron chi connectivity index (χ2n) is 7.21. The quantitative estimate of drug-likeness (QED) is 0.557. The summed E-state index contributed by atoms with van der Waals surface area (Å²) < 4.78 is 23.7. The molecule has 1 aliphatic carbocycles. The third kappa shape index (κ3) is 2.32. The van der Waals surface area contributed by atoms with Crippen molar-refractivity contribution in [2.24, 2.45) is 0 Å². The lowest BCUT2D eigenvalue weighted by Gasteiger charge is -2.03. The number of ether oxygens (including phenoxy) is 1. The predicted molar refractivity (Wildman–Crippen MR) is 96.8 cm³/mol. The number of rotatable bonds is 3. The SMILES string of the molecule is COc1cc(C)cn2c(F)c(C3CC3c3nc4c(C)ncc(C)n4n3)nc12. The summed E-state index contributed by atoms with van der Waals surface area (Å²) in [5.41, 5.74) is 4.37. The summed E-state index contributed by atoms with van der Waals surface area (Å²) >= 11 is 0. The van der Waals surface area contributed by atoms with Crippen molar-refractivity contribution in [1.82, 2.24) is 29.0 Å². The molecule has 0 amide bonds. The molecule has 0 N–H and O–H groups in total. The Labute approximate surface area is 154 Å². The number of imidazole rings is 1. The minimum absolute atomic E-state index is 0.0269. The minimum Gasteiger partial charge on any atom is -0.493 e. The van der Waals surface area contributed by atoms with Crippen LogP contribution in [-0.2, 0) is 0 Å². The molecule has 4 aromatic heterocycles. The third-order valence-electron chi connectivity index (χ3n) is 5.21. The monoisotopic (exact) mass is 366 g/mol. The molecule has 0 aromatic carbocycles. The summed E-state index contributed by atoms with van der Waals surface area (Å²) in [6, 6.07) is 1.86. The molecule has 0 spiro atoms. The predicted octanol–water partition coefficient (Wildman–Crippen LogP) is 3.12. The highest BCUT2D eigenvalue weighted by Crippen LogP contribution is 2.54. The van der Waals surface area contributed by atoms with Crippen LogP contribution in [0.4, 0.5) is 4.39 Å². The van der Waals surface area contributed by atoms with Crippen molar-refractivity contribution in [2.45, 2.75) is 39.0 Å². The Kier molecular flexibility index (Phi) is 3.28. The zero-order valence-corrected chi connectivity index (χ0v) is 15.6. The summed E-state index contributed by atoms with van der Waals surface area (Å²) in [6.45, 7) is 5.76. The van der Waals surface area contributed by atoms with E-state index in [-0.39, 0.29) is 17.8 Å². The third-order valence-corrected chi connectivity index (χ3v) is 5.21. The maximum Gasteiger partial charge on any atom is 0.221 e. The maximum absolute atomic E-state index is 15.0. The highest BCUT2D eigenvalue weighted by Gasteiger charge is 2.46. The molecule has 0 bridgehead atoms. The largest absolute Gasteiger partial charge is 0.493 e. The average Bonchev–Trinajstić information content (AvgIpc) is 3.18. The van der Waals surface area contributed by atoms with Gasteiger partial charge in [-0.25, -0.2) is 14.5 Å². The highest BCUT2D eigenvalue weighted by atomic mass is 19.1. The lowest BCUT2D eigenvalue weighted by atomic mass is 10.2. The summed E-state index contributed by atoms with van der Waals surface area (Å²) in [5.74, 6) is 0.993. The van der Waals surface area contributed by atoms with Crippen molar-refractivity contribution in [2.75, 3.05) is 7.11 Å². The molecule has 7 nitrogen and oxygen atoms in total. The second kappa shape index (κ2) is 5.48. The van der Waals surface area contributed by atoms with Crippen LogP contribution in [0, 0.1) is 26.7 Å². The first-order chi connectivity index (χ1) is 13.0. The van der Waals surface area contributed by atoms with E-state index >= 15 is 4.39 Å². The number of aryl methyl sites for hydroxylation is 3.